The summed E-state index contributed by atoms with van der Waals surface area (Å²) in [5.41, 5.74) is -2.00. The molecule has 2 unspecified atom stereocenters. The third kappa shape index (κ3) is 7.96. The van der Waals surface area contributed by atoms with Crippen molar-refractivity contribution in [2.24, 2.45) is 11.8 Å². The van der Waals surface area contributed by atoms with Gasteiger partial charge in [0.05, 0.1) is 23.6 Å². The van der Waals surface area contributed by atoms with Gasteiger partial charge in [-0.3, -0.25) is 14.5 Å². The van der Waals surface area contributed by atoms with Gasteiger partial charge in [0, 0.05) is 37.3 Å². The number of hydrogen-bond acceptors (Lipinski definition) is 3. The van der Waals surface area contributed by atoms with Gasteiger partial charge in [-0.2, -0.15) is 26.3 Å². The van der Waals surface area contributed by atoms with Gasteiger partial charge in [-0.15, -0.1) is 0 Å². The maximum absolute atomic E-state index is 14.1. The fraction of sp³-hybridized carbons (Fsp3) is 0.500. The van der Waals surface area contributed by atoms with Crippen LogP contribution in [0.3, 0.4) is 0 Å². The van der Waals surface area contributed by atoms with Crippen molar-refractivity contribution in [1.29, 1.82) is 0 Å². The van der Waals surface area contributed by atoms with Crippen molar-refractivity contribution in [2.45, 2.75) is 51.9 Å². The molecule has 0 bridgehead atoms. The van der Waals surface area contributed by atoms with Gasteiger partial charge in [0.1, 0.15) is 0 Å². The number of para-hydroxylation sites is 1. The number of aryl methyl sites for hydroxylation is 2. The lowest BCUT2D eigenvalue weighted by molar-refractivity contribution is -0.143. The molecule has 0 aliphatic carbocycles. The number of carbonyl (C=O) groups excluding carboxylic acids is 2. The van der Waals surface area contributed by atoms with Gasteiger partial charge in [0.15, 0.2) is 0 Å². The number of amides is 2. The first kappa shape index (κ1) is 32.3. The lowest BCUT2D eigenvalue weighted by Crippen LogP contribution is -2.49. The van der Waals surface area contributed by atoms with E-state index in [-0.39, 0.29) is 32.0 Å². The van der Waals surface area contributed by atoms with Crippen LogP contribution < -0.4 is 10.2 Å². The van der Waals surface area contributed by atoms with Crippen LogP contribution in [0.15, 0.2) is 36.4 Å². The van der Waals surface area contributed by atoms with Crippen LogP contribution in [0.1, 0.15) is 42.0 Å². The zero-order valence-electron chi connectivity index (χ0n) is 22.9. The number of rotatable bonds is 7. The van der Waals surface area contributed by atoms with E-state index in [1.165, 1.54) is 23.8 Å². The summed E-state index contributed by atoms with van der Waals surface area (Å²) in [6.07, 6.45) is -10.5. The second-order valence-electron chi connectivity index (χ2n) is 10.5. The van der Waals surface area contributed by atoms with Crippen molar-refractivity contribution in [2.75, 3.05) is 36.9 Å². The van der Waals surface area contributed by atoms with Gasteiger partial charge in [-0.1, -0.05) is 25.1 Å². The zero-order valence-corrected chi connectivity index (χ0v) is 22.9. The summed E-state index contributed by atoms with van der Waals surface area (Å²) in [6.45, 7) is 4.03. The number of carbonyl (C=O) groups is 2. The van der Waals surface area contributed by atoms with Crippen molar-refractivity contribution in [3.63, 3.8) is 0 Å². The predicted octanol–water partition coefficient (Wildman–Crippen LogP) is 6.93. The highest BCUT2D eigenvalue weighted by atomic mass is 19.4. The fourth-order valence-electron chi connectivity index (χ4n) is 5.13. The van der Waals surface area contributed by atoms with E-state index in [2.05, 4.69) is 5.32 Å². The van der Waals surface area contributed by atoms with Crippen LogP contribution in [0.4, 0.5) is 46.5 Å². The lowest BCUT2D eigenvalue weighted by Gasteiger charge is -2.36. The van der Waals surface area contributed by atoms with E-state index < -0.39 is 65.3 Å². The van der Waals surface area contributed by atoms with Crippen LogP contribution in [0.5, 0.6) is 0 Å². The van der Waals surface area contributed by atoms with E-state index >= 15 is 0 Å². The summed E-state index contributed by atoms with van der Waals surface area (Å²) in [5.74, 6) is -7.26. The number of likely N-dealkylation sites (tertiary alicyclic amines) is 1. The van der Waals surface area contributed by atoms with Crippen LogP contribution in [0, 0.1) is 25.7 Å². The summed E-state index contributed by atoms with van der Waals surface area (Å²) in [7, 11) is 1.47. The first-order valence-corrected chi connectivity index (χ1v) is 12.8. The molecular formula is C28H31F8N3O2. The SMILES string of the molecule is Cc1cccc(C)c1N(C)C(=O)C(C)C(CN1CCCC(F)(F)C1)C(=O)Nc1cc(C(F)(F)F)cc(C(F)(F)F)c1. The van der Waals surface area contributed by atoms with Crippen LogP contribution >= 0.6 is 0 Å². The van der Waals surface area contributed by atoms with E-state index in [4.69, 9.17) is 0 Å². The van der Waals surface area contributed by atoms with E-state index in [0.29, 0.717) is 17.8 Å². The summed E-state index contributed by atoms with van der Waals surface area (Å²) < 4.78 is 108. The summed E-state index contributed by atoms with van der Waals surface area (Å²) >= 11 is 0. The molecule has 0 saturated carbocycles. The Kier molecular flexibility index (Phi) is 9.41. The molecule has 1 aliphatic heterocycles. The number of nitrogens with one attached hydrogen (secondary N) is 1. The second-order valence-corrected chi connectivity index (χ2v) is 10.5. The normalized spacial score (nSPS) is 17.6. The average molecular weight is 594 g/mol. The van der Waals surface area contributed by atoms with Gasteiger partial charge < -0.3 is 10.2 Å². The molecule has 226 valence electrons. The number of anilines is 2. The first-order valence-electron chi connectivity index (χ1n) is 12.8. The van der Waals surface area contributed by atoms with Crippen LogP contribution in [0.25, 0.3) is 0 Å². The Bertz CT molecular complexity index is 1220. The van der Waals surface area contributed by atoms with Crippen molar-refractivity contribution in [1.82, 2.24) is 4.90 Å². The summed E-state index contributed by atoms with van der Waals surface area (Å²) in [5, 5.41) is 2.09. The molecule has 13 heteroatoms. The monoisotopic (exact) mass is 593 g/mol. The van der Waals surface area contributed by atoms with E-state index in [9.17, 15) is 44.7 Å². The highest BCUT2D eigenvalue weighted by Crippen LogP contribution is 2.38. The Morgan fingerprint density at radius 1 is 1.00 bits per heavy atom. The number of alkyl halides is 8. The molecule has 1 N–H and O–H groups in total. The molecule has 1 saturated heterocycles. The van der Waals surface area contributed by atoms with Gasteiger partial charge in [0.2, 0.25) is 11.8 Å². The standard InChI is InChI=1S/C28H31F8N3O2/c1-16-7-5-8-17(2)23(16)38(4)25(41)18(3)22(14-39-10-6-9-26(29,30)15-39)24(40)37-21-12-19(27(31,32)33)11-20(13-21)28(34,35)36/h5,7-8,11-13,18,22H,6,9-10,14-15H2,1-4H3,(H,37,40). The number of halogens is 8. The largest absolute Gasteiger partial charge is 0.416 e. The molecule has 2 aromatic rings. The quantitative estimate of drug-likeness (QED) is 0.355. The van der Waals surface area contributed by atoms with E-state index in [0.717, 1.165) is 11.1 Å². The highest BCUT2D eigenvalue weighted by Gasteiger charge is 2.41. The van der Waals surface area contributed by atoms with E-state index in [1.54, 1.807) is 32.0 Å². The molecule has 41 heavy (non-hydrogen) atoms. The van der Waals surface area contributed by atoms with Crippen LogP contribution in [-0.2, 0) is 21.9 Å². The summed E-state index contributed by atoms with van der Waals surface area (Å²) in [4.78, 5) is 29.6. The van der Waals surface area contributed by atoms with Gasteiger partial charge >= 0.3 is 12.4 Å². The van der Waals surface area contributed by atoms with E-state index in [1.807, 2.05) is 0 Å². The minimum absolute atomic E-state index is 0.0748. The minimum atomic E-state index is -5.14. The van der Waals surface area contributed by atoms with Crippen molar-refractivity contribution in [3.8, 4) is 0 Å². The fourth-order valence-corrected chi connectivity index (χ4v) is 5.13. The lowest BCUT2D eigenvalue weighted by atomic mass is 9.89. The Labute approximate surface area is 232 Å². The first-order chi connectivity index (χ1) is 18.8. The molecule has 5 nitrogen and oxygen atoms in total. The van der Waals surface area contributed by atoms with Crippen molar-refractivity contribution < 1.29 is 44.7 Å². The number of hydrogen-bond donors (Lipinski definition) is 1. The van der Waals surface area contributed by atoms with Gasteiger partial charge in [0.25, 0.3) is 5.92 Å². The molecule has 2 atom stereocenters. The maximum Gasteiger partial charge on any atom is 0.416 e. The Morgan fingerprint density at radius 2 is 1.54 bits per heavy atom. The average Bonchev–Trinajstić information content (AvgIpc) is 2.84. The Balaban J connectivity index is 1.98. The summed E-state index contributed by atoms with van der Waals surface area (Å²) in [6, 6.07) is 5.95. The Hall–Kier alpha value is -3.22. The zero-order chi connectivity index (χ0) is 30.9. The molecule has 1 heterocycles. The van der Waals surface area contributed by atoms with Crippen molar-refractivity contribution in [3.05, 3.63) is 58.7 Å². The van der Waals surface area contributed by atoms with Gasteiger partial charge in [-0.05, 0) is 56.1 Å². The molecule has 3 rings (SSSR count). The second kappa shape index (κ2) is 11.9. The molecular weight excluding hydrogens is 562 g/mol. The number of piperidine rings is 1. The topological polar surface area (TPSA) is 52.7 Å². The number of benzene rings is 2. The minimum Gasteiger partial charge on any atom is -0.326 e. The molecule has 2 aromatic carbocycles. The molecule has 1 fully saturated rings. The Morgan fingerprint density at radius 3 is 2.02 bits per heavy atom. The predicted molar refractivity (Wildman–Crippen MR) is 138 cm³/mol. The molecule has 0 aromatic heterocycles. The van der Waals surface area contributed by atoms with Crippen LogP contribution in [0.2, 0.25) is 0 Å². The molecule has 1 aliphatic rings. The van der Waals surface area contributed by atoms with Crippen molar-refractivity contribution >= 4 is 23.2 Å². The molecule has 0 radical (unpaired) electrons. The van der Waals surface area contributed by atoms with Gasteiger partial charge in [-0.25, -0.2) is 8.78 Å². The third-order valence-electron chi connectivity index (χ3n) is 7.22. The third-order valence-corrected chi connectivity index (χ3v) is 7.22. The highest BCUT2D eigenvalue weighted by molar-refractivity contribution is 6.01. The maximum atomic E-state index is 14.1. The number of nitrogens with zero attached hydrogens (tertiary/aromatic N) is 2. The smallest absolute Gasteiger partial charge is 0.326 e. The molecule has 0 spiro atoms. The molecule has 2 amide bonds. The van der Waals surface area contributed by atoms with Crippen LogP contribution in [-0.4, -0.2) is 49.3 Å².